The Morgan fingerprint density at radius 2 is 1.81 bits per heavy atom. The zero-order chi connectivity index (χ0) is 22.1. The molecule has 6 nitrogen and oxygen atoms in total. The quantitative estimate of drug-likeness (QED) is 0.304. The van der Waals surface area contributed by atoms with Crippen LogP contribution in [0.2, 0.25) is 0 Å². The number of carbonyl (C=O) groups excluding carboxylic acids is 1. The number of carbonyl (C=O) groups is 1. The Kier molecular flexibility index (Phi) is 10.7. The maximum Gasteiger partial charge on any atom is 0.241 e. The number of aliphatic imine (C=N–C) groups is 1. The van der Waals surface area contributed by atoms with E-state index in [1.54, 1.807) is 33.3 Å². The number of hydrogen-bond donors (Lipinski definition) is 2. The van der Waals surface area contributed by atoms with Crippen molar-refractivity contribution < 1.29 is 13.9 Å². The van der Waals surface area contributed by atoms with Gasteiger partial charge < -0.3 is 20.3 Å². The number of hydrogen-bond acceptors (Lipinski definition) is 3. The molecule has 0 unspecified atom stereocenters. The van der Waals surface area contributed by atoms with Crippen LogP contribution in [0.1, 0.15) is 25.0 Å². The molecule has 0 aliphatic rings. The van der Waals surface area contributed by atoms with Crippen molar-refractivity contribution in [1.82, 2.24) is 15.5 Å². The van der Waals surface area contributed by atoms with E-state index < -0.39 is 0 Å². The minimum Gasteiger partial charge on any atom is -0.497 e. The Morgan fingerprint density at radius 3 is 2.39 bits per heavy atom. The van der Waals surface area contributed by atoms with Crippen LogP contribution in [0.4, 0.5) is 4.39 Å². The molecule has 0 atom stereocenters. The number of nitrogens with one attached hydrogen (secondary N) is 2. The first-order valence-corrected chi connectivity index (χ1v) is 9.82. The van der Waals surface area contributed by atoms with Crippen molar-refractivity contribution in [3.8, 4) is 5.75 Å². The molecule has 0 spiro atoms. The fraction of sp³-hybridized carbons (Fsp3) is 0.391. The molecule has 1 amide bonds. The van der Waals surface area contributed by atoms with Crippen molar-refractivity contribution in [1.29, 1.82) is 0 Å². The van der Waals surface area contributed by atoms with Gasteiger partial charge in [0, 0.05) is 26.1 Å². The van der Waals surface area contributed by atoms with E-state index in [0.717, 1.165) is 16.9 Å². The number of likely N-dealkylation sites (N-methyl/N-ethyl adjacent to an activating group) is 1. The van der Waals surface area contributed by atoms with Crippen molar-refractivity contribution in [2.75, 3.05) is 34.3 Å². The molecule has 0 bridgehead atoms. The number of amides is 1. The highest BCUT2D eigenvalue weighted by Crippen LogP contribution is 2.22. The van der Waals surface area contributed by atoms with Gasteiger partial charge in [0.05, 0.1) is 20.2 Å². The molecule has 0 aliphatic heterocycles. The van der Waals surface area contributed by atoms with Crippen LogP contribution in [0, 0.1) is 5.82 Å². The number of rotatable bonds is 8. The van der Waals surface area contributed by atoms with Crippen molar-refractivity contribution in [3.05, 3.63) is 65.5 Å². The third-order valence-electron chi connectivity index (χ3n) is 4.79. The highest BCUT2D eigenvalue weighted by molar-refractivity contribution is 14.0. The van der Waals surface area contributed by atoms with Crippen LogP contribution in [0.25, 0.3) is 0 Å². The average molecular weight is 542 g/mol. The Morgan fingerprint density at radius 1 is 1.13 bits per heavy atom. The molecule has 170 valence electrons. The number of methoxy groups -OCH3 is 1. The molecule has 31 heavy (non-hydrogen) atoms. The Labute approximate surface area is 201 Å². The lowest BCUT2D eigenvalue weighted by Gasteiger charge is -2.27. The van der Waals surface area contributed by atoms with Crippen molar-refractivity contribution in [2.45, 2.75) is 25.8 Å². The molecule has 0 saturated carbocycles. The Balaban J connectivity index is 0.00000480. The van der Waals surface area contributed by atoms with Gasteiger partial charge in [-0.25, -0.2) is 9.38 Å². The number of halogens is 2. The van der Waals surface area contributed by atoms with Crippen LogP contribution in [0.5, 0.6) is 5.75 Å². The molecule has 2 aromatic carbocycles. The fourth-order valence-electron chi connectivity index (χ4n) is 2.71. The standard InChI is InChI=1S/C23H31FN4O2.HI/c1-23(2,18-7-6-8-19(24)13-18)16-27-22(26-15-21(29)28(3)4)25-14-17-9-11-20(30-5)12-10-17;/h6-13H,14-16H2,1-5H3,(H2,25,26,27);1H. The number of ether oxygens (including phenoxy) is 1. The maximum atomic E-state index is 13.6. The van der Waals surface area contributed by atoms with Gasteiger partial charge in [0.1, 0.15) is 11.6 Å². The predicted octanol–water partition coefficient (Wildman–Crippen LogP) is 3.55. The van der Waals surface area contributed by atoms with Gasteiger partial charge in [-0.2, -0.15) is 0 Å². The molecule has 2 aromatic rings. The van der Waals surface area contributed by atoms with Crippen molar-refractivity contribution in [2.24, 2.45) is 4.99 Å². The van der Waals surface area contributed by atoms with Gasteiger partial charge in [0.25, 0.3) is 0 Å². The summed E-state index contributed by atoms with van der Waals surface area (Å²) in [6, 6.07) is 14.2. The molecule has 0 aromatic heterocycles. The Bertz CT molecular complexity index is 870. The highest BCUT2D eigenvalue weighted by atomic mass is 127. The first-order valence-electron chi connectivity index (χ1n) is 9.82. The van der Waals surface area contributed by atoms with Crippen molar-refractivity contribution in [3.63, 3.8) is 0 Å². The lowest BCUT2D eigenvalue weighted by molar-refractivity contribution is -0.127. The monoisotopic (exact) mass is 542 g/mol. The highest BCUT2D eigenvalue weighted by Gasteiger charge is 2.21. The van der Waals surface area contributed by atoms with Gasteiger partial charge in [-0.3, -0.25) is 4.79 Å². The van der Waals surface area contributed by atoms with Gasteiger partial charge in [-0.1, -0.05) is 38.1 Å². The molecule has 2 rings (SSSR count). The molecular formula is C23H32FIN4O2. The summed E-state index contributed by atoms with van der Waals surface area (Å²) < 4.78 is 18.8. The predicted molar refractivity (Wildman–Crippen MR) is 134 cm³/mol. The van der Waals surface area contributed by atoms with Crippen LogP contribution >= 0.6 is 24.0 Å². The van der Waals surface area contributed by atoms with Crippen LogP contribution in [0.15, 0.2) is 53.5 Å². The zero-order valence-electron chi connectivity index (χ0n) is 18.7. The van der Waals surface area contributed by atoms with Crippen molar-refractivity contribution >= 4 is 35.8 Å². The van der Waals surface area contributed by atoms with Gasteiger partial charge in [0.2, 0.25) is 5.91 Å². The topological polar surface area (TPSA) is 66.0 Å². The molecule has 0 saturated heterocycles. The molecule has 0 heterocycles. The van der Waals surface area contributed by atoms with E-state index in [4.69, 9.17) is 4.74 Å². The van der Waals surface area contributed by atoms with E-state index in [0.29, 0.717) is 19.0 Å². The smallest absolute Gasteiger partial charge is 0.241 e. The summed E-state index contributed by atoms with van der Waals surface area (Å²) in [6.07, 6.45) is 0. The summed E-state index contributed by atoms with van der Waals surface area (Å²) in [5.41, 5.74) is 1.56. The summed E-state index contributed by atoms with van der Waals surface area (Å²) in [4.78, 5) is 18.1. The van der Waals surface area contributed by atoms with E-state index in [2.05, 4.69) is 15.6 Å². The largest absolute Gasteiger partial charge is 0.497 e. The van der Waals surface area contributed by atoms with E-state index in [1.165, 1.54) is 11.0 Å². The number of nitrogens with zero attached hydrogens (tertiary/aromatic N) is 2. The van der Waals surface area contributed by atoms with E-state index in [1.807, 2.05) is 44.2 Å². The molecule has 8 heteroatoms. The van der Waals surface area contributed by atoms with Crippen LogP contribution in [-0.2, 0) is 16.8 Å². The lowest BCUT2D eigenvalue weighted by atomic mass is 9.84. The molecule has 2 N–H and O–H groups in total. The van der Waals surface area contributed by atoms with E-state index in [9.17, 15) is 9.18 Å². The van der Waals surface area contributed by atoms with E-state index >= 15 is 0 Å². The molecular weight excluding hydrogens is 510 g/mol. The third-order valence-corrected chi connectivity index (χ3v) is 4.79. The minimum absolute atomic E-state index is 0. The third kappa shape index (κ3) is 8.72. The first-order chi connectivity index (χ1) is 14.2. The SMILES string of the molecule is COc1ccc(CN=C(NCC(=O)N(C)C)NCC(C)(C)c2cccc(F)c2)cc1.I. The normalized spacial score (nSPS) is 11.4. The maximum absolute atomic E-state index is 13.6. The van der Waals surface area contributed by atoms with E-state index in [-0.39, 0.29) is 47.7 Å². The fourth-order valence-corrected chi connectivity index (χ4v) is 2.71. The van der Waals surface area contributed by atoms with Gasteiger partial charge in [0.15, 0.2) is 5.96 Å². The van der Waals surface area contributed by atoms with Crippen LogP contribution in [-0.4, -0.2) is 51.1 Å². The van der Waals surface area contributed by atoms with Crippen LogP contribution in [0.3, 0.4) is 0 Å². The second-order valence-electron chi connectivity index (χ2n) is 7.90. The summed E-state index contributed by atoms with van der Waals surface area (Å²) in [6.45, 7) is 5.14. The lowest BCUT2D eigenvalue weighted by Crippen LogP contribution is -2.46. The summed E-state index contributed by atoms with van der Waals surface area (Å²) in [5, 5.41) is 6.36. The average Bonchev–Trinajstić information content (AvgIpc) is 2.73. The summed E-state index contributed by atoms with van der Waals surface area (Å²) in [5.74, 6) is 0.986. The zero-order valence-corrected chi connectivity index (χ0v) is 21.1. The van der Waals surface area contributed by atoms with Crippen LogP contribution < -0.4 is 15.4 Å². The minimum atomic E-state index is -0.337. The summed E-state index contributed by atoms with van der Waals surface area (Å²) in [7, 11) is 5.04. The van der Waals surface area contributed by atoms with Gasteiger partial charge in [-0.15, -0.1) is 24.0 Å². The second kappa shape index (κ2) is 12.5. The van der Waals surface area contributed by atoms with Gasteiger partial charge >= 0.3 is 0 Å². The number of benzene rings is 2. The second-order valence-corrected chi connectivity index (χ2v) is 7.90. The molecule has 0 radical (unpaired) electrons. The number of guanidine groups is 1. The first kappa shape index (κ1) is 26.7. The molecule has 0 aliphatic carbocycles. The summed E-state index contributed by atoms with van der Waals surface area (Å²) >= 11 is 0. The molecule has 0 fully saturated rings. The Hall–Kier alpha value is -2.36. The van der Waals surface area contributed by atoms with Gasteiger partial charge in [-0.05, 0) is 35.4 Å².